The predicted octanol–water partition coefficient (Wildman–Crippen LogP) is 2.26. The van der Waals surface area contributed by atoms with Crippen LogP contribution in [0, 0.1) is 0 Å². The van der Waals surface area contributed by atoms with Gasteiger partial charge in [0.15, 0.2) is 0 Å². The van der Waals surface area contributed by atoms with Crippen LogP contribution in [0.4, 0.5) is 19.1 Å². The molecule has 0 aliphatic rings. The molecule has 0 atom stereocenters. The molecule has 0 unspecified atom stereocenters. The molecule has 0 fully saturated rings. The molecule has 0 bridgehead atoms. The molecule has 19 heavy (non-hydrogen) atoms. The second-order valence-electron chi connectivity index (χ2n) is 3.88. The highest BCUT2D eigenvalue weighted by Crippen LogP contribution is 2.27. The largest absolute Gasteiger partial charge is 0.433 e. The number of halogens is 3. The molecule has 2 heterocycles. The van der Waals surface area contributed by atoms with E-state index in [0.717, 1.165) is 30.8 Å². The van der Waals surface area contributed by atoms with E-state index in [0.29, 0.717) is 6.54 Å². The van der Waals surface area contributed by atoms with Gasteiger partial charge < -0.3 is 5.32 Å². The van der Waals surface area contributed by atoms with E-state index < -0.39 is 11.9 Å². The summed E-state index contributed by atoms with van der Waals surface area (Å²) in [6, 6.07) is 2.69. The van der Waals surface area contributed by atoms with Gasteiger partial charge in [0.05, 0.1) is 0 Å². The Morgan fingerprint density at radius 3 is 2.74 bits per heavy atom. The van der Waals surface area contributed by atoms with Crippen molar-refractivity contribution in [3.8, 4) is 0 Å². The zero-order chi connectivity index (χ0) is 13.7. The third-order valence-corrected chi connectivity index (χ3v) is 2.41. The van der Waals surface area contributed by atoms with Crippen molar-refractivity contribution in [2.24, 2.45) is 0 Å². The van der Waals surface area contributed by atoms with Crippen molar-refractivity contribution in [3.05, 3.63) is 35.9 Å². The molecule has 0 aromatic carbocycles. The van der Waals surface area contributed by atoms with E-state index in [1.807, 2.05) is 6.07 Å². The maximum absolute atomic E-state index is 12.4. The van der Waals surface area contributed by atoms with Gasteiger partial charge >= 0.3 is 6.18 Å². The van der Waals surface area contributed by atoms with E-state index in [1.54, 1.807) is 6.20 Å². The van der Waals surface area contributed by atoms with Crippen LogP contribution in [-0.2, 0) is 12.6 Å². The number of nitrogens with zero attached hydrogens (tertiary/aromatic N) is 3. The molecular formula is C11H12F3N5. The minimum Gasteiger partial charge on any atom is -0.354 e. The first-order valence-corrected chi connectivity index (χ1v) is 5.68. The molecule has 102 valence electrons. The highest BCUT2D eigenvalue weighted by molar-refractivity contribution is 5.25. The van der Waals surface area contributed by atoms with Gasteiger partial charge in [0, 0.05) is 24.6 Å². The van der Waals surface area contributed by atoms with Crippen LogP contribution in [0.5, 0.6) is 0 Å². The number of aromatic nitrogens is 4. The summed E-state index contributed by atoms with van der Waals surface area (Å²) in [5.74, 6) is -0.0144. The Morgan fingerprint density at radius 2 is 2.05 bits per heavy atom. The summed E-state index contributed by atoms with van der Waals surface area (Å²) in [6.07, 6.45) is -0.214. The number of alkyl halides is 3. The molecule has 2 aromatic rings. The van der Waals surface area contributed by atoms with Crippen LogP contribution in [0.15, 0.2) is 24.5 Å². The average Bonchev–Trinajstić information content (AvgIpc) is 2.87. The Kier molecular flexibility index (Phi) is 3.98. The van der Waals surface area contributed by atoms with Crippen molar-refractivity contribution in [2.75, 3.05) is 11.9 Å². The lowest BCUT2D eigenvalue weighted by molar-refractivity contribution is -0.141. The molecule has 2 rings (SSSR count). The topological polar surface area (TPSA) is 66.5 Å². The monoisotopic (exact) mass is 271 g/mol. The van der Waals surface area contributed by atoms with Gasteiger partial charge in [-0.2, -0.15) is 18.3 Å². The lowest BCUT2D eigenvalue weighted by Gasteiger charge is -2.08. The minimum absolute atomic E-state index is 0.0144. The number of aromatic amines is 1. The van der Waals surface area contributed by atoms with Gasteiger partial charge in [-0.1, -0.05) is 0 Å². The molecule has 0 saturated carbocycles. The van der Waals surface area contributed by atoms with E-state index in [9.17, 15) is 13.2 Å². The summed E-state index contributed by atoms with van der Waals surface area (Å²) < 4.78 is 37.2. The number of aryl methyl sites for hydroxylation is 1. The Hall–Kier alpha value is -2.12. The Balaban J connectivity index is 1.83. The molecule has 8 heteroatoms. The summed E-state index contributed by atoms with van der Waals surface area (Å²) >= 11 is 0. The third kappa shape index (κ3) is 3.94. The van der Waals surface area contributed by atoms with E-state index in [-0.39, 0.29) is 5.95 Å². The first-order chi connectivity index (χ1) is 9.05. The Labute approximate surface area is 107 Å². The van der Waals surface area contributed by atoms with Crippen LogP contribution in [0.25, 0.3) is 0 Å². The standard InChI is InChI=1S/C11H12F3N5/c12-11(13,14)9-4-6-16-10(18-9)15-5-1-2-8-3-7-17-19-8/h3-4,6-7H,1-2,5H2,(H,17,19)(H,15,16,18). The van der Waals surface area contributed by atoms with Crippen molar-refractivity contribution in [3.63, 3.8) is 0 Å². The Morgan fingerprint density at radius 1 is 1.21 bits per heavy atom. The van der Waals surface area contributed by atoms with Crippen molar-refractivity contribution in [1.29, 1.82) is 0 Å². The highest BCUT2D eigenvalue weighted by atomic mass is 19.4. The van der Waals surface area contributed by atoms with Gasteiger partial charge in [-0.25, -0.2) is 9.97 Å². The zero-order valence-corrected chi connectivity index (χ0v) is 9.91. The van der Waals surface area contributed by atoms with Crippen LogP contribution < -0.4 is 5.32 Å². The number of rotatable bonds is 5. The second-order valence-corrected chi connectivity index (χ2v) is 3.88. The summed E-state index contributed by atoms with van der Waals surface area (Å²) in [7, 11) is 0. The summed E-state index contributed by atoms with van der Waals surface area (Å²) in [4.78, 5) is 7.16. The van der Waals surface area contributed by atoms with Crippen molar-refractivity contribution in [2.45, 2.75) is 19.0 Å². The maximum atomic E-state index is 12.4. The average molecular weight is 271 g/mol. The highest BCUT2D eigenvalue weighted by Gasteiger charge is 2.32. The third-order valence-electron chi connectivity index (χ3n) is 2.41. The fraction of sp³-hybridized carbons (Fsp3) is 0.364. The van der Waals surface area contributed by atoms with E-state index in [1.165, 1.54) is 0 Å². The summed E-state index contributed by atoms with van der Waals surface area (Å²) in [5.41, 5.74) is 0.0327. The molecule has 0 saturated heterocycles. The molecule has 0 amide bonds. The van der Waals surface area contributed by atoms with Crippen LogP contribution in [0.1, 0.15) is 17.8 Å². The molecule has 0 aliphatic carbocycles. The lowest BCUT2D eigenvalue weighted by atomic mass is 10.2. The molecule has 2 N–H and O–H groups in total. The minimum atomic E-state index is -4.45. The van der Waals surface area contributed by atoms with Crippen LogP contribution >= 0.6 is 0 Å². The Bertz CT molecular complexity index is 509. The molecular weight excluding hydrogens is 259 g/mol. The van der Waals surface area contributed by atoms with Crippen molar-refractivity contribution < 1.29 is 13.2 Å². The second kappa shape index (κ2) is 5.68. The number of nitrogens with one attached hydrogen (secondary N) is 2. The first-order valence-electron chi connectivity index (χ1n) is 5.68. The quantitative estimate of drug-likeness (QED) is 0.819. The van der Waals surface area contributed by atoms with E-state index >= 15 is 0 Å². The van der Waals surface area contributed by atoms with E-state index in [2.05, 4.69) is 25.5 Å². The van der Waals surface area contributed by atoms with Crippen LogP contribution in [0.2, 0.25) is 0 Å². The first kappa shape index (κ1) is 13.3. The molecule has 0 aliphatic heterocycles. The smallest absolute Gasteiger partial charge is 0.354 e. The molecule has 2 aromatic heterocycles. The fourth-order valence-electron chi connectivity index (χ4n) is 1.50. The number of anilines is 1. The molecule has 5 nitrogen and oxygen atoms in total. The van der Waals surface area contributed by atoms with Crippen LogP contribution in [-0.4, -0.2) is 26.7 Å². The van der Waals surface area contributed by atoms with Gasteiger partial charge in [0.25, 0.3) is 0 Å². The normalized spacial score (nSPS) is 11.5. The predicted molar refractivity (Wildman–Crippen MR) is 62.4 cm³/mol. The molecule has 0 spiro atoms. The van der Waals surface area contributed by atoms with E-state index in [4.69, 9.17) is 0 Å². The maximum Gasteiger partial charge on any atom is 0.433 e. The van der Waals surface area contributed by atoms with Gasteiger partial charge in [-0.3, -0.25) is 5.10 Å². The SMILES string of the molecule is FC(F)(F)c1ccnc(NCCCc2ccn[nH]2)n1. The van der Waals surface area contributed by atoms with Crippen LogP contribution in [0.3, 0.4) is 0 Å². The fourth-order valence-corrected chi connectivity index (χ4v) is 1.50. The van der Waals surface area contributed by atoms with Gasteiger partial charge in [-0.15, -0.1) is 0 Å². The van der Waals surface area contributed by atoms with Gasteiger partial charge in [0.1, 0.15) is 5.69 Å². The van der Waals surface area contributed by atoms with Gasteiger partial charge in [-0.05, 0) is 25.0 Å². The van der Waals surface area contributed by atoms with Crippen molar-refractivity contribution in [1.82, 2.24) is 20.2 Å². The number of hydrogen-bond donors (Lipinski definition) is 2. The number of hydrogen-bond acceptors (Lipinski definition) is 4. The number of H-pyrrole nitrogens is 1. The lowest BCUT2D eigenvalue weighted by Crippen LogP contribution is -2.12. The zero-order valence-electron chi connectivity index (χ0n) is 9.91. The van der Waals surface area contributed by atoms with Crippen molar-refractivity contribution >= 4 is 5.95 Å². The summed E-state index contributed by atoms with van der Waals surface area (Å²) in [6.45, 7) is 0.486. The molecule has 0 radical (unpaired) electrons. The summed E-state index contributed by atoms with van der Waals surface area (Å²) in [5, 5.41) is 9.37. The van der Waals surface area contributed by atoms with Gasteiger partial charge in [0.2, 0.25) is 5.95 Å².